The highest BCUT2D eigenvalue weighted by Crippen LogP contribution is 2.29. The second kappa shape index (κ2) is 6.50. The van der Waals surface area contributed by atoms with Crippen LogP contribution in [0.25, 0.3) is 0 Å². The number of carbonyl (C=O) groups is 1. The summed E-state index contributed by atoms with van der Waals surface area (Å²) in [4.78, 5) is 18.8. The van der Waals surface area contributed by atoms with E-state index in [4.69, 9.17) is 0 Å². The lowest BCUT2D eigenvalue weighted by Crippen LogP contribution is -2.39. The highest BCUT2D eigenvalue weighted by Gasteiger charge is 2.27. The molecule has 1 atom stereocenters. The van der Waals surface area contributed by atoms with Crippen molar-refractivity contribution < 1.29 is 4.79 Å². The molecule has 0 bridgehead atoms. The molecular formula is C19H17BrN2O. The van der Waals surface area contributed by atoms with E-state index in [-0.39, 0.29) is 5.91 Å². The number of fused-ring (bicyclic) bond motifs is 1. The number of benzene rings is 2. The van der Waals surface area contributed by atoms with Crippen molar-refractivity contribution in [3.05, 3.63) is 76.8 Å². The van der Waals surface area contributed by atoms with E-state index in [1.165, 1.54) is 11.6 Å². The monoisotopic (exact) mass is 368 g/mol. The summed E-state index contributed by atoms with van der Waals surface area (Å²) in [6.07, 6.45) is 1.32. The van der Waals surface area contributed by atoms with Crippen molar-refractivity contribution in [1.82, 2.24) is 0 Å². The van der Waals surface area contributed by atoms with E-state index in [0.717, 1.165) is 15.7 Å². The molecule has 4 heteroatoms. The largest absolute Gasteiger partial charge is 0.269 e. The highest BCUT2D eigenvalue weighted by molar-refractivity contribution is 9.10. The fourth-order valence-corrected chi connectivity index (χ4v) is 3.03. The summed E-state index contributed by atoms with van der Waals surface area (Å²) in [6, 6.07) is 15.7. The molecule has 0 radical (unpaired) electrons. The van der Waals surface area contributed by atoms with E-state index in [1.807, 2.05) is 42.5 Å². The van der Waals surface area contributed by atoms with Crippen molar-refractivity contribution in [2.75, 3.05) is 11.4 Å². The Labute approximate surface area is 144 Å². The number of amidine groups is 1. The van der Waals surface area contributed by atoms with Gasteiger partial charge in [0.25, 0.3) is 5.91 Å². The summed E-state index contributed by atoms with van der Waals surface area (Å²) in [5.74, 6) is 0.849. The molecule has 0 N–H and O–H groups in total. The predicted octanol–water partition coefficient (Wildman–Crippen LogP) is 4.53. The molecule has 1 heterocycles. The minimum absolute atomic E-state index is 0.185. The van der Waals surface area contributed by atoms with Crippen LogP contribution < -0.4 is 4.90 Å². The molecule has 0 unspecified atom stereocenters. The van der Waals surface area contributed by atoms with E-state index in [1.54, 1.807) is 4.90 Å². The minimum Gasteiger partial charge on any atom is -0.269 e. The Bertz CT molecular complexity index is 780. The SMILES string of the molecule is C=CC(=O)N(C1=NC[C@H](C)c2ccccc21)c1ccc(Br)cc1. The maximum absolute atomic E-state index is 12.5. The Balaban J connectivity index is 2.13. The van der Waals surface area contributed by atoms with Gasteiger partial charge in [-0.25, -0.2) is 0 Å². The van der Waals surface area contributed by atoms with Gasteiger partial charge in [-0.1, -0.05) is 53.7 Å². The van der Waals surface area contributed by atoms with Crippen LogP contribution in [0.5, 0.6) is 0 Å². The average molecular weight is 369 g/mol. The van der Waals surface area contributed by atoms with Crippen molar-refractivity contribution >= 4 is 33.4 Å². The second-order valence-corrected chi connectivity index (χ2v) is 6.42. The van der Waals surface area contributed by atoms with Gasteiger partial charge in [-0.15, -0.1) is 0 Å². The predicted molar refractivity (Wildman–Crippen MR) is 98.1 cm³/mol. The zero-order valence-corrected chi connectivity index (χ0v) is 14.5. The Kier molecular flexibility index (Phi) is 4.44. The first-order valence-corrected chi connectivity index (χ1v) is 8.27. The van der Waals surface area contributed by atoms with Crippen LogP contribution in [0.4, 0.5) is 5.69 Å². The Morgan fingerprint density at radius 2 is 1.96 bits per heavy atom. The molecule has 2 aromatic rings. The Hall–Kier alpha value is -2.20. The molecule has 0 fully saturated rings. The standard InChI is InChI=1S/C19H17BrN2O/c1-3-18(23)22(15-10-8-14(20)9-11-15)19-17-7-5-4-6-16(17)13(2)12-21-19/h3-11,13H,1,12H2,2H3/t13-/m0/s1. The highest BCUT2D eigenvalue weighted by atomic mass is 79.9. The van der Waals surface area contributed by atoms with Gasteiger partial charge in [0.2, 0.25) is 0 Å². The summed E-state index contributed by atoms with van der Waals surface area (Å²) in [5, 5.41) is 0. The minimum atomic E-state index is -0.185. The molecular weight excluding hydrogens is 352 g/mol. The quantitative estimate of drug-likeness (QED) is 0.716. The van der Waals surface area contributed by atoms with Crippen LogP contribution >= 0.6 is 15.9 Å². The first-order valence-electron chi connectivity index (χ1n) is 7.47. The molecule has 23 heavy (non-hydrogen) atoms. The van der Waals surface area contributed by atoms with Gasteiger partial charge in [-0.2, -0.15) is 0 Å². The molecule has 1 aliphatic heterocycles. The lowest BCUT2D eigenvalue weighted by atomic mass is 9.92. The van der Waals surface area contributed by atoms with E-state index in [2.05, 4.69) is 40.5 Å². The molecule has 3 rings (SSSR count). The Morgan fingerprint density at radius 1 is 1.26 bits per heavy atom. The molecule has 0 aliphatic carbocycles. The maximum atomic E-state index is 12.5. The first-order chi connectivity index (χ1) is 11.1. The Morgan fingerprint density at radius 3 is 2.65 bits per heavy atom. The normalized spacial score (nSPS) is 16.3. The molecule has 1 aliphatic rings. The van der Waals surface area contributed by atoms with Crippen molar-refractivity contribution in [3.63, 3.8) is 0 Å². The number of rotatable bonds is 2. The number of amides is 1. The third-order valence-corrected chi connectivity index (χ3v) is 4.47. The third kappa shape index (κ3) is 2.99. The summed E-state index contributed by atoms with van der Waals surface area (Å²) >= 11 is 3.42. The van der Waals surface area contributed by atoms with Gasteiger partial charge in [0.15, 0.2) is 0 Å². The number of nitrogens with zero attached hydrogens (tertiary/aromatic N) is 2. The first kappa shape index (κ1) is 15.7. The van der Waals surface area contributed by atoms with Gasteiger partial charge in [-0.05, 0) is 35.9 Å². The maximum Gasteiger partial charge on any atom is 0.256 e. The molecule has 116 valence electrons. The van der Waals surface area contributed by atoms with Gasteiger partial charge in [-0.3, -0.25) is 14.7 Å². The van der Waals surface area contributed by atoms with E-state index >= 15 is 0 Å². The summed E-state index contributed by atoms with van der Waals surface area (Å²) in [5.41, 5.74) is 3.00. The van der Waals surface area contributed by atoms with E-state index in [0.29, 0.717) is 18.3 Å². The van der Waals surface area contributed by atoms with Gasteiger partial charge < -0.3 is 0 Å². The lowest BCUT2D eigenvalue weighted by molar-refractivity contribution is -0.113. The lowest BCUT2D eigenvalue weighted by Gasteiger charge is -2.29. The van der Waals surface area contributed by atoms with Gasteiger partial charge >= 0.3 is 0 Å². The topological polar surface area (TPSA) is 32.7 Å². The zero-order chi connectivity index (χ0) is 16.4. The smallest absolute Gasteiger partial charge is 0.256 e. The van der Waals surface area contributed by atoms with Gasteiger partial charge in [0.1, 0.15) is 5.84 Å². The number of hydrogen-bond acceptors (Lipinski definition) is 2. The zero-order valence-electron chi connectivity index (χ0n) is 12.9. The van der Waals surface area contributed by atoms with Crippen LogP contribution in [0.15, 0.2) is 70.7 Å². The number of carbonyl (C=O) groups excluding carboxylic acids is 1. The number of halogens is 1. The fourth-order valence-electron chi connectivity index (χ4n) is 2.76. The van der Waals surface area contributed by atoms with Crippen molar-refractivity contribution in [2.24, 2.45) is 4.99 Å². The number of anilines is 1. The van der Waals surface area contributed by atoms with E-state index < -0.39 is 0 Å². The third-order valence-electron chi connectivity index (χ3n) is 3.94. The van der Waals surface area contributed by atoms with E-state index in [9.17, 15) is 4.79 Å². The summed E-state index contributed by atoms with van der Waals surface area (Å²) < 4.78 is 0.965. The summed E-state index contributed by atoms with van der Waals surface area (Å²) in [7, 11) is 0. The molecule has 2 aromatic carbocycles. The van der Waals surface area contributed by atoms with Crippen LogP contribution in [0.2, 0.25) is 0 Å². The van der Waals surface area contributed by atoms with Crippen molar-refractivity contribution in [2.45, 2.75) is 12.8 Å². The molecule has 1 amide bonds. The average Bonchev–Trinajstić information content (AvgIpc) is 2.58. The number of aliphatic imine (C=N–C) groups is 1. The second-order valence-electron chi connectivity index (χ2n) is 5.51. The van der Waals surface area contributed by atoms with Crippen LogP contribution in [-0.2, 0) is 4.79 Å². The molecule has 0 spiro atoms. The van der Waals surface area contributed by atoms with Crippen LogP contribution in [0.3, 0.4) is 0 Å². The molecule has 0 aromatic heterocycles. The van der Waals surface area contributed by atoms with Crippen LogP contribution in [0.1, 0.15) is 24.0 Å². The summed E-state index contributed by atoms with van der Waals surface area (Å²) in [6.45, 7) is 6.46. The van der Waals surface area contributed by atoms with Crippen molar-refractivity contribution in [1.29, 1.82) is 0 Å². The van der Waals surface area contributed by atoms with Crippen LogP contribution in [0, 0.1) is 0 Å². The number of hydrogen-bond donors (Lipinski definition) is 0. The molecule has 3 nitrogen and oxygen atoms in total. The molecule has 0 saturated carbocycles. The van der Waals surface area contributed by atoms with Gasteiger partial charge in [0.05, 0.1) is 5.69 Å². The van der Waals surface area contributed by atoms with Crippen molar-refractivity contribution in [3.8, 4) is 0 Å². The fraction of sp³-hybridized carbons (Fsp3) is 0.158. The molecule has 0 saturated heterocycles. The van der Waals surface area contributed by atoms with Gasteiger partial charge in [0, 0.05) is 22.5 Å². The van der Waals surface area contributed by atoms with Crippen LogP contribution in [-0.4, -0.2) is 18.3 Å².